The van der Waals surface area contributed by atoms with Gasteiger partial charge in [-0.15, -0.1) is 11.3 Å². The lowest BCUT2D eigenvalue weighted by Crippen LogP contribution is -2.37. The molecule has 16 heavy (non-hydrogen) atoms. The molecule has 0 radical (unpaired) electrons. The zero-order valence-electron chi connectivity index (χ0n) is 9.48. The van der Waals surface area contributed by atoms with Crippen molar-refractivity contribution in [2.75, 3.05) is 13.6 Å². The largest absolute Gasteiger partial charge is 0.326 e. The summed E-state index contributed by atoms with van der Waals surface area (Å²) in [6.07, 6.45) is 0.534. The van der Waals surface area contributed by atoms with Crippen LogP contribution in [-0.4, -0.2) is 24.5 Å². The summed E-state index contributed by atoms with van der Waals surface area (Å²) in [6.45, 7) is 2.75. The topological polar surface area (TPSA) is 53.0 Å². The van der Waals surface area contributed by atoms with Crippen molar-refractivity contribution in [3.05, 3.63) is 20.8 Å². The van der Waals surface area contributed by atoms with Gasteiger partial charge in [0.15, 0.2) is 0 Å². The SMILES string of the molecule is CC(N)C(c1cc(Br)cs1)N(C)CCC#N. The van der Waals surface area contributed by atoms with Crippen LogP contribution in [0.1, 0.15) is 24.3 Å². The minimum absolute atomic E-state index is 0.0502. The fourth-order valence-electron chi connectivity index (χ4n) is 1.73. The van der Waals surface area contributed by atoms with Gasteiger partial charge in [0.05, 0.1) is 12.1 Å². The Morgan fingerprint density at radius 1 is 1.69 bits per heavy atom. The molecule has 1 rings (SSSR count). The van der Waals surface area contributed by atoms with E-state index in [1.165, 1.54) is 4.88 Å². The molecule has 5 heteroatoms. The average molecular weight is 302 g/mol. The van der Waals surface area contributed by atoms with Gasteiger partial charge in [0.1, 0.15) is 0 Å². The van der Waals surface area contributed by atoms with Gasteiger partial charge >= 0.3 is 0 Å². The van der Waals surface area contributed by atoms with E-state index >= 15 is 0 Å². The zero-order chi connectivity index (χ0) is 12.1. The Kier molecular flexibility index (Phi) is 5.42. The highest BCUT2D eigenvalue weighted by Crippen LogP contribution is 2.30. The number of rotatable bonds is 5. The number of thiophene rings is 1. The Morgan fingerprint density at radius 2 is 2.38 bits per heavy atom. The number of nitrogens with zero attached hydrogens (tertiary/aromatic N) is 2. The van der Waals surface area contributed by atoms with Gasteiger partial charge in [0.2, 0.25) is 0 Å². The second kappa shape index (κ2) is 6.36. The number of hydrogen-bond acceptors (Lipinski definition) is 4. The van der Waals surface area contributed by atoms with E-state index < -0.39 is 0 Å². The first-order valence-electron chi connectivity index (χ1n) is 5.13. The molecule has 0 aliphatic carbocycles. The van der Waals surface area contributed by atoms with Crippen LogP contribution in [0.4, 0.5) is 0 Å². The molecule has 0 saturated heterocycles. The third-order valence-electron chi connectivity index (χ3n) is 2.43. The number of likely N-dealkylation sites (N-methyl/N-ethyl adjacent to an activating group) is 1. The summed E-state index contributed by atoms with van der Waals surface area (Å²) in [5.74, 6) is 0. The van der Waals surface area contributed by atoms with E-state index in [1.54, 1.807) is 11.3 Å². The first kappa shape index (κ1) is 13.7. The summed E-state index contributed by atoms with van der Waals surface area (Å²) in [6, 6.07) is 4.49. The van der Waals surface area contributed by atoms with Gasteiger partial charge in [-0.3, -0.25) is 4.90 Å². The van der Waals surface area contributed by atoms with Crippen LogP contribution in [0.15, 0.2) is 15.9 Å². The molecule has 0 aliphatic rings. The van der Waals surface area contributed by atoms with Gasteiger partial charge < -0.3 is 5.73 Å². The van der Waals surface area contributed by atoms with Crippen LogP contribution in [0.5, 0.6) is 0 Å². The van der Waals surface area contributed by atoms with E-state index in [0.717, 1.165) is 11.0 Å². The maximum Gasteiger partial charge on any atom is 0.0635 e. The zero-order valence-corrected chi connectivity index (χ0v) is 11.9. The summed E-state index contributed by atoms with van der Waals surface area (Å²) >= 11 is 5.15. The monoisotopic (exact) mass is 301 g/mol. The number of halogens is 1. The van der Waals surface area contributed by atoms with Crippen molar-refractivity contribution in [3.8, 4) is 6.07 Å². The molecule has 1 aromatic rings. The highest BCUT2D eigenvalue weighted by Gasteiger charge is 2.22. The fraction of sp³-hybridized carbons (Fsp3) is 0.545. The molecule has 88 valence electrons. The Morgan fingerprint density at radius 3 is 2.81 bits per heavy atom. The van der Waals surface area contributed by atoms with Gasteiger partial charge in [-0.2, -0.15) is 5.26 Å². The van der Waals surface area contributed by atoms with E-state index in [-0.39, 0.29) is 12.1 Å². The summed E-state index contributed by atoms with van der Waals surface area (Å²) in [5, 5.41) is 10.7. The van der Waals surface area contributed by atoms with E-state index in [9.17, 15) is 0 Å². The molecule has 2 N–H and O–H groups in total. The van der Waals surface area contributed by atoms with Crippen LogP contribution in [-0.2, 0) is 0 Å². The molecule has 1 heterocycles. The van der Waals surface area contributed by atoms with Gasteiger partial charge in [-0.05, 0) is 36.0 Å². The lowest BCUT2D eigenvalue weighted by atomic mass is 10.1. The number of nitrogens with two attached hydrogens (primary N) is 1. The number of nitriles is 1. The summed E-state index contributed by atoms with van der Waals surface area (Å²) in [5.41, 5.74) is 6.02. The lowest BCUT2D eigenvalue weighted by molar-refractivity contribution is 0.227. The maximum atomic E-state index is 8.60. The van der Waals surface area contributed by atoms with Gasteiger partial charge in [0.25, 0.3) is 0 Å². The molecule has 0 fully saturated rings. The predicted molar refractivity (Wildman–Crippen MR) is 71.3 cm³/mol. The second-order valence-electron chi connectivity index (χ2n) is 3.86. The molecule has 2 unspecified atom stereocenters. The van der Waals surface area contributed by atoms with Crippen LogP contribution < -0.4 is 5.73 Å². The Hall–Kier alpha value is -0.410. The van der Waals surface area contributed by atoms with E-state index in [2.05, 4.69) is 38.3 Å². The van der Waals surface area contributed by atoms with Crippen LogP contribution >= 0.6 is 27.3 Å². The lowest BCUT2D eigenvalue weighted by Gasteiger charge is -2.29. The second-order valence-corrected chi connectivity index (χ2v) is 5.72. The van der Waals surface area contributed by atoms with Crippen molar-refractivity contribution in [1.82, 2.24) is 4.90 Å². The van der Waals surface area contributed by atoms with E-state index in [1.807, 2.05) is 14.0 Å². The summed E-state index contributed by atoms with van der Waals surface area (Å²) in [7, 11) is 2.01. The molecule has 0 aromatic carbocycles. The predicted octanol–water partition coefficient (Wildman–Crippen LogP) is 2.74. The molecule has 0 spiro atoms. The minimum Gasteiger partial charge on any atom is -0.326 e. The maximum absolute atomic E-state index is 8.60. The van der Waals surface area contributed by atoms with Crippen molar-refractivity contribution >= 4 is 27.3 Å². The summed E-state index contributed by atoms with van der Waals surface area (Å²) in [4.78, 5) is 3.38. The van der Waals surface area contributed by atoms with Crippen molar-refractivity contribution in [3.63, 3.8) is 0 Å². The first-order valence-corrected chi connectivity index (χ1v) is 6.80. The standard InChI is InChI=1S/C11H16BrN3S/c1-8(14)11(15(2)5-3-4-13)10-6-9(12)7-16-10/h6-8,11H,3,5,14H2,1-2H3. The van der Waals surface area contributed by atoms with Crippen molar-refractivity contribution in [1.29, 1.82) is 5.26 Å². The normalized spacial score (nSPS) is 14.8. The van der Waals surface area contributed by atoms with E-state index in [4.69, 9.17) is 11.0 Å². The highest BCUT2D eigenvalue weighted by atomic mass is 79.9. The molecule has 2 atom stereocenters. The van der Waals surface area contributed by atoms with Crippen LogP contribution in [0.2, 0.25) is 0 Å². The Bertz CT molecular complexity index is 370. The van der Waals surface area contributed by atoms with Crippen LogP contribution in [0, 0.1) is 11.3 Å². The third-order valence-corrected chi connectivity index (χ3v) is 4.19. The molecule has 0 amide bonds. The van der Waals surface area contributed by atoms with Crippen LogP contribution in [0.25, 0.3) is 0 Å². The highest BCUT2D eigenvalue weighted by molar-refractivity contribution is 9.10. The molecular weight excluding hydrogens is 286 g/mol. The quantitative estimate of drug-likeness (QED) is 0.910. The van der Waals surface area contributed by atoms with Crippen molar-refractivity contribution in [2.45, 2.75) is 25.4 Å². The van der Waals surface area contributed by atoms with E-state index in [0.29, 0.717) is 6.42 Å². The molecule has 1 aromatic heterocycles. The Labute approximate surface area is 109 Å². The van der Waals surface area contributed by atoms with Gasteiger partial charge in [-0.1, -0.05) is 0 Å². The Balaban J connectivity index is 2.79. The smallest absolute Gasteiger partial charge is 0.0635 e. The molecular formula is C11H16BrN3S. The van der Waals surface area contributed by atoms with Gasteiger partial charge in [0, 0.05) is 33.7 Å². The molecule has 0 saturated carbocycles. The molecule has 3 nitrogen and oxygen atoms in total. The summed E-state index contributed by atoms with van der Waals surface area (Å²) < 4.78 is 1.09. The fourth-order valence-corrected chi connectivity index (χ4v) is 3.45. The van der Waals surface area contributed by atoms with Gasteiger partial charge in [-0.25, -0.2) is 0 Å². The first-order chi connectivity index (χ1) is 7.56. The molecule has 0 aliphatic heterocycles. The van der Waals surface area contributed by atoms with Crippen molar-refractivity contribution < 1.29 is 0 Å². The minimum atomic E-state index is 0.0502. The average Bonchev–Trinajstić information content (AvgIpc) is 2.61. The third kappa shape index (κ3) is 3.56. The molecule has 0 bridgehead atoms. The van der Waals surface area contributed by atoms with Crippen molar-refractivity contribution in [2.24, 2.45) is 5.73 Å². The number of hydrogen-bond donors (Lipinski definition) is 1. The van der Waals surface area contributed by atoms with Crippen LogP contribution in [0.3, 0.4) is 0 Å².